The largest absolute Gasteiger partial charge is 0.353 e. The fourth-order valence-corrected chi connectivity index (χ4v) is 3.48. The van der Waals surface area contributed by atoms with Crippen LogP contribution in [0.4, 0.5) is 0 Å². The Morgan fingerprint density at radius 2 is 1.71 bits per heavy atom. The summed E-state index contributed by atoms with van der Waals surface area (Å²) in [6.45, 7) is 6.12. The highest BCUT2D eigenvalue weighted by atomic mass is 32.2. The van der Waals surface area contributed by atoms with E-state index in [0.717, 1.165) is 24.4 Å². The highest BCUT2D eigenvalue weighted by Gasteiger charge is 2.29. The van der Waals surface area contributed by atoms with Gasteiger partial charge in [-0.05, 0) is 31.4 Å². The van der Waals surface area contributed by atoms with Crippen LogP contribution in [0.1, 0.15) is 26.7 Å². The van der Waals surface area contributed by atoms with Crippen LogP contribution in [-0.4, -0.2) is 30.5 Å². The van der Waals surface area contributed by atoms with E-state index in [2.05, 4.69) is 18.7 Å². The van der Waals surface area contributed by atoms with Gasteiger partial charge < -0.3 is 9.47 Å². The van der Waals surface area contributed by atoms with E-state index in [4.69, 9.17) is 9.47 Å². The summed E-state index contributed by atoms with van der Waals surface area (Å²) in [7, 11) is 0. The van der Waals surface area contributed by atoms with Crippen molar-refractivity contribution >= 4 is 11.8 Å². The van der Waals surface area contributed by atoms with Crippen LogP contribution in [0.5, 0.6) is 0 Å². The van der Waals surface area contributed by atoms with E-state index in [0.29, 0.717) is 5.92 Å². The van der Waals surface area contributed by atoms with Crippen molar-refractivity contribution in [3.8, 4) is 0 Å². The summed E-state index contributed by atoms with van der Waals surface area (Å²) in [5.74, 6) is 2.77. The highest BCUT2D eigenvalue weighted by Crippen LogP contribution is 2.34. The van der Waals surface area contributed by atoms with Gasteiger partial charge in [0.25, 0.3) is 0 Å². The molecule has 0 aliphatic carbocycles. The van der Waals surface area contributed by atoms with Crippen molar-refractivity contribution in [1.82, 2.24) is 0 Å². The van der Waals surface area contributed by atoms with E-state index in [-0.39, 0.29) is 6.29 Å². The highest BCUT2D eigenvalue weighted by molar-refractivity contribution is 7.99. The van der Waals surface area contributed by atoms with E-state index in [9.17, 15) is 0 Å². The molecule has 0 saturated carbocycles. The second-order valence-electron chi connectivity index (χ2n) is 4.48. The summed E-state index contributed by atoms with van der Waals surface area (Å²) < 4.78 is 11.1. The van der Waals surface area contributed by atoms with Crippen LogP contribution < -0.4 is 0 Å². The van der Waals surface area contributed by atoms with Gasteiger partial charge in [0.05, 0.1) is 13.2 Å². The maximum Gasteiger partial charge on any atom is 0.154 e. The first kappa shape index (κ1) is 10.8. The van der Waals surface area contributed by atoms with Crippen LogP contribution in [0.3, 0.4) is 0 Å². The minimum Gasteiger partial charge on any atom is -0.353 e. The number of ether oxygens (including phenoxy) is 2. The number of hydrogen-bond donors (Lipinski definition) is 0. The molecule has 2 atom stereocenters. The van der Waals surface area contributed by atoms with E-state index in [1.807, 2.05) is 6.92 Å². The predicted octanol–water partition coefficient (Wildman–Crippen LogP) is 2.53. The fourth-order valence-electron chi connectivity index (χ4n) is 2.16. The Labute approximate surface area is 90.7 Å². The van der Waals surface area contributed by atoms with Gasteiger partial charge in [0.15, 0.2) is 6.29 Å². The van der Waals surface area contributed by atoms with Crippen LogP contribution in [-0.2, 0) is 9.47 Å². The minimum atomic E-state index is 0.0152. The molecule has 3 heteroatoms. The molecule has 2 unspecified atom stereocenters. The molecule has 2 aliphatic heterocycles. The molecule has 2 aliphatic rings. The zero-order valence-corrected chi connectivity index (χ0v) is 9.89. The van der Waals surface area contributed by atoms with E-state index < -0.39 is 0 Å². The van der Waals surface area contributed by atoms with Crippen LogP contribution in [0, 0.1) is 11.8 Å². The van der Waals surface area contributed by atoms with Crippen molar-refractivity contribution in [1.29, 1.82) is 0 Å². The zero-order chi connectivity index (χ0) is 9.97. The Bertz CT molecular complexity index is 150. The molecule has 0 amide bonds. The summed E-state index contributed by atoms with van der Waals surface area (Å²) in [5, 5.41) is 0.857. The number of thioether (sulfide) groups is 1. The molecule has 2 heterocycles. The third-order valence-corrected chi connectivity index (χ3v) is 4.72. The predicted molar refractivity (Wildman–Crippen MR) is 59.5 cm³/mol. The number of hydrogen-bond acceptors (Lipinski definition) is 3. The summed E-state index contributed by atoms with van der Waals surface area (Å²) in [6, 6.07) is 0. The molecule has 0 bridgehead atoms. The van der Waals surface area contributed by atoms with Crippen LogP contribution in [0.25, 0.3) is 0 Å². The Kier molecular flexibility index (Phi) is 3.74. The first-order chi connectivity index (χ1) is 6.75. The van der Waals surface area contributed by atoms with Crippen molar-refractivity contribution in [3.05, 3.63) is 0 Å². The monoisotopic (exact) mass is 216 g/mol. The molecule has 0 aromatic carbocycles. The molecular formula is C11H20O2S. The number of rotatable bonds is 1. The van der Waals surface area contributed by atoms with Gasteiger partial charge in [0.2, 0.25) is 0 Å². The third-order valence-electron chi connectivity index (χ3n) is 3.30. The van der Waals surface area contributed by atoms with Gasteiger partial charge in [0, 0.05) is 11.2 Å². The van der Waals surface area contributed by atoms with Gasteiger partial charge in [0.1, 0.15) is 0 Å². The second kappa shape index (κ2) is 4.86. The first-order valence-electron chi connectivity index (χ1n) is 5.60. The molecule has 0 N–H and O–H groups in total. The summed E-state index contributed by atoms with van der Waals surface area (Å²) in [4.78, 5) is 0. The summed E-state index contributed by atoms with van der Waals surface area (Å²) >= 11 is 2.11. The molecule has 0 radical (unpaired) electrons. The fraction of sp³-hybridized carbons (Fsp3) is 1.00. The molecule has 0 aromatic rings. The quantitative estimate of drug-likeness (QED) is 0.671. The Hall–Kier alpha value is 0.270. The van der Waals surface area contributed by atoms with Crippen LogP contribution >= 0.6 is 11.8 Å². The zero-order valence-electron chi connectivity index (χ0n) is 9.07. The van der Waals surface area contributed by atoms with Gasteiger partial charge in [-0.2, -0.15) is 11.8 Å². The van der Waals surface area contributed by atoms with Gasteiger partial charge in [-0.1, -0.05) is 6.92 Å². The minimum absolute atomic E-state index is 0.0152. The lowest BCUT2D eigenvalue weighted by Gasteiger charge is -2.36. The molecule has 2 saturated heterocycles. The Balaban J connectivity index is 1.78. The molecule has 2 fully saturated rings. The first-order valence-corrected chi connectivity index (χ1v) is 6.65. The van der Waals surface area contributed by atoms with Gasteiger partial charge in [-0.3, -0.25) is 0 Å². The summed E-state index contributed by atoms with van der Waals surface area (Å²) in [6.07, 6.45) is 2.74. The lowest BCUT2D eigenvalue weighted by atomic mass is 9.89. The Morgan fingerprint density at radius 1 is 1.00 bits per heavy atom. The normalized spacial score (nSPS) is 45.0. The van der Waals surface area contributed by atoms with E-state index >= 15 is 0 Å². The molecule has 14 heavy (non-hydrogen) atoms. The topological polar surface area (TPSA) is 18.5 Å². The lowest BCUT2D eigenvalue weighted by Crippen LogP contribution is -2.37. The van der Waals surface area contributed by atoms with Gasteiger partial charge in [-0.15, -0.1) is 0 Å². The maximum absolute atomic E-state index is 5.54. The van der Waals surface area contributed by atoms with Crippen molar-refractivity contribution in [2.75, 3.05) is 19.0 Å². The standard InChI is InChI=1S/C11H20O2S/c1-8-3-4-10(7-14-8)11-5-12-9(2)13-6-11/h8-11H,3-7H2,1-2H3. The Morgan fingerprint density at radius 3 is 2.29 bits per heavy atom. The molecule has 0 spiro atoms. The van der Waals surface area contributed by atoms with E-state index in [1.54, 1.807) is 0 Å². The third kappa shape index (κ3) is 2.65. The van der Waals surface area contributed by atoms with E-state index in [1.165, 1.54) is 18.6 Å². The second-order valence-corrected chi connectivity index (χ2v) is 5.95. The average molecular weight is 216 g/mol. The average Bonchev–Trinajstić information content (AvgIpc) is 2.21. The molecule has 0 aromatic heterocycles. The van der Waals surface area contributed by atoms with Crippen LogP contribution in [0.15, 0.2) is 0 Å². The van der Waals surface area contributed by atoms with Crippen molar-refractivity contribution < 1.29 is 9.47 Å². The molecular weight excluding hydrogens is 196 g/mol. The summed E-state index contributed by atoms with van der Waals surface area (Å²) in [5.41, 5.74) is 0. The molecule has 82 valence electrons. The van der Waals surface area contributed by atoms with Crippen molar-refractivity contribution in [2.24, 2.45) is 11.8 Å². The maximum atomic E-state index is 5.54. The molecule has 2 rings (SSSR count). The van der Waals surface area contributed by atoms with Crippen molar-refractivity contribution in [3.63, 3.8) is 0 Å². The van der Waals surface area contributed by atoms with Crippen molar-refractivity contribution in [2.45, 2.75) is 38.2 Å². The smallest absolute Gasteiger partial charge is 0.154 e. The van der Waals surface area contributed by atoms with Crippen LogP contribution in [0.2, 0.25) is 0 Å². The SMILES string of the molecule is CC1OCC(C2CCC(C)SC2)CO1. The van der Waals surface area contributed by atoms with Gasteiger partial charge >= 0.3 is 0 Å². The van der Waals surface area contributed by atoms with Gasteiger partial charge in [-0.25, -0.2) is 0 Å². The lowest BCUT2D eigenvalue weighted by molar-refractivity contribution is -0.197. The molecule has 2 nitrogen and oxygen atoms in total.